The van der Waals surface area contributed by atoms with Crippen molar-refractivity contribution < 1.29 is 4.79 Å². The normalized spacial score (nSPS) is 10.0. The molecule has 0 unspecified atom stereocenters. The van der Waals surface area contributed by atoms with Gasteiger partial charge in [0.15, 0.2) is 0 Å². The summed E-state index contributed by atoms with van der Waals surface area (Å²) in [7, 11) is 0. The Balaban J connectivity index is 2.41. The molecule has 0 aliphatic heterocycles. The maximum Gasteiger partial charge on any atom is 0.224 e. The number of amides is 1. The van der Waals surface area contributed by atoms with Gasteiger partial charge in [-0.2, -0.15) is 0 Å². The van der Waals surface area contributed by atoms with E-state index in [2.05, 4.69) is 10.6 Å². The van der Waals surface area contributed by atoms with E-state index < -0.39 is 0 Å². The van der Waals surface area contributed by atoms with E-state index in [1.54, 1.807) is 0 Å². The van der Waals surface area contributed by atoms with E-state index in [-0.39, 0.29) is 5.91 Å². The summed E-state index contributed by atoms with van der Waals surface area (Å²) < 4.78 is 0. The molecule has 4 heteroatoms. The average molecular weight is 235 g/mol. The van der Waals surface area contributed by atoms with Crippen LogP contribution in [0, 0.1) is 0 Å². The van der Waals surface area contributed by atoms with Gasteiger partial charge in [-0.15, -0.1) is 0 Å². The summed E-state index contributed by atoms with van der Waals surface area (Å²) in [5.74, 6) is 0.0661. The first-order valence-electron chi connectivity index (χ1n) is 6.06. The van der Waals surface area contributed by atoms with Crippen molar-refractivity contribution in [2.75, 3.05) is 25.0 Å². The van der Waals surface area contributed by atoms with Crippen LogP contribution >= 0.6 is 0 Å². The Labute approximate surface area is 103 Å². The van der Waals surface area contributed by atoms with Crippen LogP contribution in [0.2, 0.25) is 0 Å². The fraction of sp³-hybridized carbons (Fsp3) is 0.462. The first-order chi connectivity index (χ1) is 8.26. The number of nitrogens with two attached hydrogens (primary N) is 1. The van der Waals surface area contributed by atoms with Gasteiger partial charge in [0.1, 0.15) is 0 Å². The Hall–Kier alpha value is -1.55. The van der Waals surface area contributed by atoms with Crippen LogP contribution in [0.1, 0.15) is 18.9 Å². The molecule has 0 saturated heterocycles. The molecule has 0 radical (unpaired) electrons. The predicted molar refractivity (Wildman–Crippen MR) is 71.0 cm³/mol. The number of nitrogens with one attached hydrogen (secondary N) is 2. The van der Waals surface area contributed by atoms with E-state index in [1.807, 2.05) is 31.2 Å². The molecule has 1 rings (SSSR count). The first-order valence-corrected chi connectivity index (χ1v) is 6.06. The van der Waals surface area contributed by atoms with E-state index in [4.69, 9.17) is 5.73 Å². The van der Waals surface area contributed by atoms with Crippen molar-refractivity contribution in [1.82, 2.24) is 5.32 Å². The highest BCUT2D eigenvalue weighted by atomic mass is 16.1. The van der Waals surface area contributed by atoms with Crippen LogP contribution in [0.25, 0.3) is 0 Å². The van der Waals surface area contributed by atoms with Crippen LogP contribution in [0.3, 0.4) is 0 Å². The lowest BCUT2D eigenvalue weighted by Gasteiger charge is -2.07. The number of hydrogen-bond acceptors (Lipinski definition) is 3. The van der Waals surface area contributed by atoms with Gasteiger partial charge in [0.2, 0.25) is 5.91 Å². The number of anilines is 1. The predicted octanol–water partition coefficient (Wildman–Crippen LogP) is 1.13. The molecule has 4 N–H and O–H groups in total. The SMILES string of the molecule is CCNC(=O)Cc1ccc(NCCCN)cc1. The van der Waals surface area contributed by atoms with Crippen LogP contribution in [-0.4, -0.2) is 25.5 Å². The zero-order chi connectivity index (χ0) is 12.5. The molecular formula is C13H21N3O. The first kappa shape index (κ1) is 13.5. The van der Waals surface area contributed by atoms with Gasteiger partial charge in [0.25, 0.3) is 0 Å². The summed E-state index contributed by atoms with van der Waals surface area (Å²) in [5, 5.41) is 6.05. The van der Waals surface area contributed by atoms with E-state index >= 15 is 0 Å². The van der Waals surface area contributed by atoms with E-state index in [0.717, 1.165) is 24.2 Å². The van der Waals surface area contributed by atoms with Crippen molar-refractivity contribution >= 4 is 11.6 Å². The fourth-order valence-corrected chi connectivity index (χ4v) is 1.52. The van der Waals surface area contributed by atoms with Crippen molar-refractivity contribution in [1.29, 1.82) is 0 Å². The van der Waals surface area contributed by atoms with Crippen LogP contribution in [-0.2, 0) is 11.2 Å². The molecule has 0 spiro atoms. The summed E-state index contributed by atoms with van der Waals surface area (Å²) in [6, 6.07) is 7.93. The van der Waals surface area contributed by atoms with Crippen LogP contribution in [0.15, 0.2) is 24.3 Å². The van der Waals surface area contributed by atoms with Crippen LogP contribution < -0.4 is 16.4 Å². The molecule has 0 aliphatic carbocycles. The zero-order valence-corrected chi connectivity index (χ0v) is 10.3. The molecule has 17 heavy (non-hydrogen) atoms. The molecule has 1 aromatic rings. The van der Waals surface area contributed by atoms with Crippen molar-refractivity contribution in [3.63, 3.8) is 0 Å². The number of hydrogen-bond donors (Lipinski definition) is 3. The summed E-state index contributed by atoms with van der Waals surface area (Å²) in [6.45, 7) is 4.17. The molecule has 0 bridgehead atoms. The van der Waals surface area contributed by atoms with E-state index in [0.29, 0.717) is 19.5 Å². The van der Waals surface area contributed by atoms with E-state index in [1.165, 1.54) is 0 Å². The number of benzene rings is 1. The van der Waals surface area contributed by atoms with Crippen molar-refractivity contribution in [3.05, 3.63) is 29.8 Å². The second-order valence-corrected chi connectivity index (χ2v) is 3.90. The van der Waals surface area contributed by atoms with Gasteiger partial charge in [-0.25, -0.2) is 0 Å². The molecule has 1 aromatic carbocycles. The summed E-state index contributed by atoms with van der Waals surface area (Å²) in [6.07, 6.45) is 1.40. The summed E-state index contributed by atoms with van der Waals surface area (Å²) in [4.78, 5) is 11.4. The number of likely N-dealkylation sites (N-methyl/N-ethyl adjacent to an activating group) is 1. The molecule has 0 aliphatic rings. The quantitative estimate of drug-likeness (QED) is 0.621. The Morgan fingerprint density at radius 1 is 1.29 bits per heavy atom. The molecule has 4 nitrogen and oxygen atoms in total. The maximum absolute atomic E-state index is 11.4. The monoisotopic (exact) mass is 235 g/mol. The largest absolute Gasteiger partial charge is 0.385 e. The second kappa shape index (κ2) is 7.68. The molecule has 0 atom stereocenters. The van der Waals surface area contributed by atoms with Gasteiger partial charge < -0.3 is 16.4 Å². The Bertz CT molecular complexity index is 335. The topological polar surface area (TPSA) is 67.2 Å². The van der Waals surface area contributed by atoms with Gasteiger partial charge in [0.05, 0.1) is 6.42 Å². The van der Waals surface area contributed by atoms with Crippen molar-refractivity contribution in [2.45, 2.75) is 19.8 Å². The minimum absolute atomic E-state index is 0.0661. The standard InChI is InChI=1S/C13H21N3O/c1-2-15-13(17)10-11-4-6-12(7-5-11)16-9-3-8-14/h4-7,16H,2-3,8-10,14H2,1H3,(H,15,17). The van der Waals surface area contributed by atoms with Crippen LogP contribution in [0.4, 0.5) is 5.69 Å². The molecule has 1 amide bonds. The number of carbonyl (C=O) groups excluding carboxylic acids is 1. The third-order valence-electron chi connectivity index (χ3n) is 2.40. The minimum atomic E-state index is 0.0661. The van der Waals surface area contributed by atoms with Gasteiger partial charge in [-0.05, 0) is 37.6 Å². The number of carbonyl (C=O) groups is 1. The zero-order valence-electron chi connectivity index (χ0n) is 10.3. The molecule has 0 heterocycles. The highest BCUT2D eigenvalue weighted by molar-refractivity contribution is 5.78. The van der Waals surface area contributed by atoms with E-state index in [9.17, 15) is 4.79 Å². The van der Waals surface area contributed by atoms with Gasteiger partial charge in [0, 0.05) is 18.8 Å². The second-order valence-electron chi connectivity index (χ2n) is 3.90. The van der Waals surface area contributed by atoms with Crippen molar-refractivity contribution in [3.8, 4) is 0 Å². The third kappa shape index (κ3) is 5.36. The average Bonchev–Trinajstić information content (AvgIpc) is 2.32. The Morgan fingerprint density at radius 2 is 2.00 bits per heavy atom. The number of rotatable bonds is 7. The third-order valence-corrected chi connectivity index (χ3v) is 2.40. The Kier molecular flexibility index (Phi) is 6.10. The molecule has 0 aromatic heterocycles. The lowest BCUT2D eigenvalue weighted by molar-refractivity contribution is -0.120. The Morgan fingerprint density at radius 3 is 2.59 bits per heavy atom. The highest BCUT2D eigenvalue weighted by Crippen LogP contribution is 2.09. The van der Waals surface area contributed by atoms with Gasteiger partial charge >= 0.3 is 0 Å². The molecule has 0 fully saturated rings. The van der Waals surface area contributed by atoms with Crippen molar-refractivity contribution in [2.24, 2.45) is 5.73 Å². The van der Waals surface area contributed by atoms with Gasteiger partial charge in [-0.1, -0.05) is 12.1 Å². The molecule has 94 valence electrons. The lowest BCUT2D eigenvalue weighted by Crippen LogP contribution is -2.24. The highest BCUT2D eigenvalue weighted by Gasteiger charge is 2.01. The molecular weight excluding hydrogens is 214 g/mol. The summed E-state index contributed by atoms with van der Waals surface area (Å²) >= 11 is 0. The lowest BCUT2D eigenvalue weighted by atomic mass is 10.1. The van der Waals surface area contributed by atoms with Gasteiger partial charge in [-0.3, -0.25) is 4.79 Å². The summed E-state index contributed by atoms with van der Waals surface area (Å²) in [5.41, 5.74) is 7.51. The molecule has 0 saturated carbocycles. The minimum Gasteiger partial charge on any atom is -0.385 e. The van der Waals surface area contributed by atoms with Crippen LogP contribution in [0.5, 0.6) is 0 Å². The smallest absolute Gasteiger partial charge is 0.224 e. The fourth-order valence-electron chi connectivity index (χ4n) is 1.52. The maximum atomic E-state index is 11.4.